The summed E-state index contributed by atoms with van der Waals surface area (Å²) >= 11 is 6.25. The first-order valence-electron chi connectivity index (χ1n) is 13.3. The molecule has 0 saturated carbocycles. The van der Waals surface area contributed by atoms with Crippen molar-refractivity contribution in [2.24, 2.45) is 10.7 Å². The van der Waals surface area contributed by atoms with E-state index in [4.69, 9.17) is 32.2 Å². The highest BCUT2D eigenvalue weighted by atomic mass is 35.5. The summed E-state index contributed by atoms with van der Waals surface area (Å²) in [5.74, 6) is -0.806. The topological polar surface area (TPSA) is 127 Å². The van der Waals surface area contributed by atoms with Crippen LogP contribution in [0.15, 0.2) is 84.0 Å². The normalized spacial score (nSPS) is 13.0. The van der Waals surface area contributed by atoms with Gasteiger partial charge >= 0.3 is 12.1 Å². The number of pyridine rings is 1. The van der Waals surface area contributed by atoms with Crippen molar-refractivity contribution in [1.29, 1.82) is 0 Å². The van der Waals surface area contributed by atoms with Crippen molar-refractivity contribution in [2.45, 2.75) is 25.6 Å². The molecule has 0 aliphatic heterocycles. The third-order valence-corrected chi connectivity index (χ3v) is 7.03. The summed E-state index contributed by atoms with van der Waals surface area (Å²) in [6.07, 6.45) is -1.75. The predicted octanol–water partition coefficient (Wildman–Crippen LogP) is 6.67. The van der Waals surface area contributed by atoms with Crippen LogP contribution in [0.4, 0.5) is 13.2 Å². The SMILES string of the molecule is COc1ccc2cc(C(C=C(N)c3cc(C(F)(F)F)ccc3Cl)=NC(C)c3ccc(C(=O)NCCC(=O)O)cc3)cnc2c1. The van der Waals surface area contributed by atoms with Crippen LogP contribution in [0.25, 0.3) is 16.6 Å². The monoisotopic (exact) mass is 624 g/mol. The second kappa shape index (κ2) is 13.6. The molecular weight excluding hydrogens is 597 g/mol. The molecule has 1 aromatic heterocycles. The van der Waals surface area contributed by atoms with Crippen molar-refractivity contribution in [2.75, 3.05) is 13.7 Å². The lowest BCUT2D eigenvalue weighted by Crippen LogP contribution is -2.25. The number of carboxylic acids is 1. The van der Waals surface area contributed by atoms with E-state index in [1.54, 1.807) is 49.7 Å². The highest BCUT2D eigenvalue weighted by molar-refractivity contribution is 6.32. The second-order valence-corrected chi connectivity index (χ2v) is 10.2. The highest BCUT2D eigenvalue weighted by Crippen LogP contribution is 2.33. The van der Waals surface area contributed by atoms with Crippen LogP contribution in [0.2, 0.25) is 5.02 Å². The Morgan fingerprint density at radius 3 is 2.48 bits per heavy atom. The zero-order valence-electron chi connectivity index (χ0n) is 23.7. The van der Waals surface area contributed by atoms with Crippen LogP contribution in [-0.2, 0) is 11.0 Å². The molecule has 0 aliphatic rings. The number of hydrogen-bond acceptors (Lipinski definition) is 6. The molecule has 0 aliphatic carbocycles. The number of carbonyl (C=O) groups is 2. The Bertz CT molecular complexity index is 1760. The Hall–Kier alpha value is -4.90. The summed E-state index contributed by atoms with van der Waals surface area (Å²) in [5.41, 5.74) is 8.03. The van der Waals surface area contributed by atoms with Gasteiger partial charge < -0.3 is 20.9 Å². The first-order valence-corrected chi connectivity index (χ1v) is 13.7. The number of aliphatic carboxylic acids is 1. The van der Waals surface area contributed by atoms with E-state index in [1.165, 1.54) is 6.08 Å². The first kappa shape index (κ1) is 32.0. The maximum Gasteiger partial charge on any atom is 0.416 e. The fourth-order valence-corrected chi connectivity index (χ4v) is 4.52. The number of rotatable bonds is 10. The number of carboxylic acid groups (broad SMARTS) is 1. The quantitative estimate of drug-likeness (QED) is 0.169. The molecule has 1 heterocycles. The summed E-state index contributed by atoms with van der Waals surface area (Å²) in [6.45, 7) is 1.80. The van der Waals surface area contributed by atoms with E-state index >= 15 is 0 Å². The smallest absolute Gasteiger partial charge is 0.416 e. The van der Waals surface area contributed by atoms with Crippen LogP contribution >= 0.6 is 11.6 Å². The number of nitrogens with two attached hydrogens (primary N) is 1. The number of carbonyl (C=O) groups excluding carboxylic acids is 1. The molecule has 12 heteroatoms. The van der Waals surface area contributed by atoms with Gasteiger partial charge in [-0.1, -0.05) is 23.7 Å². The van der Waals surface area contributed by atoms with Gasteiger partial charge in [-0.25, -0.2) is 0 Å². The van der Waals surface area contributed by atoms with Crippen LogP contribution in [-0.4, -0.2) is 41.3 Å². The van der Waals surface area contributed by atoms with Gasteiger partial charge in [0.15, 0.2) is 0 Å². The summed E-state index contributed by atoms with van der Waals surface area (Å²) in [5, 5.41) is 12.1. The summed E-state index contributed by atoms with van der Waals surface area (Å²) in [6, 6.07) is 16.2. The van der Waals surface area contributed by atoms with E-state index in [0.717, 1.165) is 29.1 Å². The number of aliphatic imine (C=N–C) groups is 1. The van der Waals surface area contributed by atoms with Gasteiger partial charge in [0.05, 0.1) is 36.4 Å². The molecular formula is C32H28ClF3N4O4. The van der Waals surface area contributed by atoms with Gasteiger partial charge in [-0.3, -0.25) is 19.6 Å². The van der Waals surface area contributed by atoms with Crippen LogP contribution in [0.5, 0.6) is 5.75 Å². The van der Waals surface area contributed by atoms with Crippen molar-refractivity contribution in [3.63, 3.8) is 0 Å². The van der Waals surface area contributed by atoms with Crippen molar-refractivity contribution < 1.29 is 32.6 Å². The minimum atomic E-state index is -4.59. The maximum atomic E-state index is 13.4. The number of amides is 1. The number of alkyl halides is 3. The lowest BCUT2D eigenvalue weighted by molar-refractivity contribution is -0.138. The van der Waals surface area contributed by atoms with Crippen LogP contribution in [0.3, 0.4) is 0 Å². The maximum absolute atomic E-state index is 13.4. The third kappa shape index (κ3) is 7.93. The van der Waals surface area contributed by atoms with Crippen LogP contribution < -0.4 is 15.8 Å². The van der Waals surface area contributed by atoms with E-state index in [0.29, 0.717) is 28.1 Å². The fraction of sp³-hybridized carbons (Fsp3) is 0.188. The minimum Gasteiger partial charge on any atom is -0.497 e. The summed E-state index contributed by atoms with van der Waals surface area (Å²) < 4.78 is 45.6. The zero-order valence-corrected chi connectivity index (χ0v) is 24.4. The Labute approximate surface area is 256 Å². The standard InChI is InChI=1S/C32H28ClF3N4O4/c1-18(19-3-5-20(6-4-19)31(43)38-12-11-30(41)42)40-29(22-13-21-7-9-24(44-2)15-28(21)39-17-22)16-27(37)25-14-23(32(34,35)36)8-10-26(25)33/h3-10,13-18H,11-12,37H2,1-2H3,(H,38,43)(H,41,42). The summed E-state index contributed by atoms with van der Waals surface area (Å²) in [7, 11) is 1.55. The summed E-state index contributed by atoms with van der Waals surface area (Å²) in [4.78, 5) is 32.4. The average molecular weight is 625 g/mol. The minimum absolute atomic E-state index is 0.00130. The number of fused-ring (bicyclic) bond motifs is 1. The first-order chi connectivity index (χ1) is 20.8. The van der Waals surface area contributed by atoms with Gasteiger partial charge in [0.25, 0.3) is 5.91 Å². The molecule has 228 valence electrons. The predicted molar refractivity (Wildman–Crippen MR) is 163 cm³/mol. The fourth-order valence-electron chi connectivity index (χ4n) is 4.29. The van der Waals surface area contributed by atoms with E-state index in [2.05, 4.69) is 10.3 Å². The molecule has 0 bridgehead atoms. The number of hydrogen-bond donors (Lipinski definition) is 3. The van der Waals surface area contributed by atoms with E-state index in [1.807, 2.05) is 19.1 Å². The molecule has 3 aromatic carbocycles. The number of aromatic nitrogens is 1. The van der Waals surface area contributed by atoms with E-state index < -0.39 is 29.7 Å². The Kier molecular flexibility index (Phi) is 9.90. The average Bonchev–Trinajstić information content (AvgIpc) is 2.99. The number of allylic oxidation sites excluding steroid dienone is 1. The molecule has 4 N–H and O–H groups in total. The number of methoxy groups -OCH3 is 1. The van der Waals surface area contributed by atoms with Crippen molar-refractivity contribution in [3.05, 3.63) is 112 Å². The Balaban J connectivity index is 1.73. The van der Waals surface area contributed by atoms with Gasteiger partial charge in [-0.15, -0.1) is 0 Å². The number of halogens is 4. The highest BCUT2D eigenvalue weighted by Gasteiger charge is 2.31. The molecule has 0 fully saturated rings. The number of nitrogens with one attached hydrogen (secondary N) is 1. The molecule has 0 saturated heterocycles. The van der Waals surface area contributed by atoms with Gasteiger partial charge in [-0.05, 0) is 67.1 Å². The Morgan fingerprint density at radius 1 is 1.09 bits per heavy atom. The molecule has 1 amide bonds. The molecule has 8 nitrogen and oxygen atoms in total. The number of nitrogens with zero attached hydrogens (tertiary/aromatic N) is 2. The van der Waals surface area contributed by atoms with Gasteiger partial charge in [-0.2, -0.15) is 13.2 Å². The van der Waals surface area contributed by atoms with E-state index in [-0.39, 0.29) is 29.2 Å². The molecule has 4 aromatic rings. The van der Waals surface area contributed by atoms with Gasteiger partial charge in [0.2, 0.25) is 0 Å². The zero-order chi connectivity index (χ0) is 32.0. The van der Waals surface area contributed by atoms with Crippen molar-refractivity contribution in [1.82, 2.24) is 10.3 Å². The molecule has 0 radical (unpaired) electrons. The largest absolute Gasteiger partial charge is 0.497 e. The molecule has 0 spiro atoms. The Morgan fingerprint density at radius 2 is 1.82 bits per heavy atom. The van der Waals surface area contributed by atoms with Crippen LogP contribution in [0.1, 0.15) is 52.0 Å². The molecule has 4 rings (SSSR count). The number of benzene rings is 3. The molecule has 1 atom stereocenters. The van der Waals surface area contributed by atoms with E-state index in [9.17, 15) is 22.8 Å². The van der Waals surface area contributed by atoms with Gasteiger partial charge in [0, 0.05) is 51.6 Å². The second-order valence-electron chi connectivity index (χ2n) is 9.79. The van der Waals surface area contributed by atoms with Crippen LogP contribution in [0, 0.1) is 0 Å². The lowest BCUT2D eigenvalue weighted by Gasteiger charge is -2.14. The number of ether oxygens (including phenoxy) is 1. The molecule has 1 unspecified atom stereocenters. The van der Waals surface area contributed by atoms with Crippen molar-refractivity contribution in [3.8, 4) is 5.75 Å². The third-order valence-electron chi connectivity index (χ3n) is 6.70. The van der Waals surface area contributed by atoms with Gasteiger partial charge in [0.1, 0.15) is 5.75 Å². The molecule has 44 heavy (non-hydrogen) atoms. The van der Waals surface area contributed by atoms with Crippen molar-refractivity contribution >= 4 is 45.8 Å². The lowest BCUT2D eigenvalue weighted by atomic mass is 10.0.